The van der Waals surface area contributed by atoms with E-state index in [0.29, 0.717) is 17.9 Å². The van der Waals surface area contributed by atoms with Crippen molar-refractivity contribution in [3.05, 3.63) is 89.7 Å². The van der Waals surface area contributed by atoms with E-state index in [1.807, 2.05) is 67.6 Å². The number of halogens is 1. The SMILES string of the molecule is Cc1cccc(-c2ccc(OCc3ccccc3)cc2F)c1. The average molecular weight is 292 g/mol. The first-order valence-corrected chi connectivity index (χ1v) is 7.26. The van der Waals surface area contributed by atoms with E-state index in [1.54, 1.807) is 6.07 Å². The summed E-state index contributed by atoms with van der Waals surface area (Å²) in [6.07, 6.45) is 0. The van der Waals surface area contributed by atoms with E-state index in [9.17, 15) is 4.39 Å². The predicted molar refractivity (Wildman–Crippen MR) is 87.3 cm³/mol. The standard InChI is InChI=1S/C20H17FO/c1-15-6-5-9-17(12-15)19-11-10-18(13-20(19)21)22-14-16-7-3-2-4-8-16/h2-13H,14H2,1H3. The van der Waals surface area contributed by atoms with Gasteiger partial charge in [0.2, 0.25) is 0 Å². The molecule has 22 heavy (non-hydrogen) atoms. The molecule has 3 aromatic carbocycles. The average Bonchev–Trinajstić information content (AvgIpc) is 2.54. The molecule has 0 aliphatic heterocycles. The van der Waals surface area contributed by atoms with Gasteiger partial charge in [-0.1, -0.05) is 60.2 Å². The minimum absolute atomic E-state index is 0.267. The van der Waals surface area contributed by atoms with E-state index in [1.165, 1.54) is 6.07 Å². The zero-order valence-electron chi connectivity index (χ0n) is 12.4. The van der Waals surface area contributed by atoms with Crippen molar-refractivity contribution in [2.24, 2.45) is 0 Å². The quantitative estimate of drug-likeness (QED) is 0.627. The van der Waals surface area contributed by atoms with Gasteiger partial charge in [0, 0.05) is 11.6 Å². The smallest absolute Gasteiger partial charge is 0.134 e. The number of rotatable bonds is 4. The summed E-state index contributed by atoms with van der Waals surface area (Å²) in [5.41, 5.74) is 3.65. The van der Waals surface area contributed by atoms with Crippen LogP contribution in [0.15, 0.2) is 72.8 Å². The Bertz CT molecular complexity index is 766. The van der Waals surface area contributed by atoms with Crippen molar-refractivity contribution in [1.29, 1.82) is 0 Å². The monoisotopic (exact) mass is 292 g/mol. The highest BCUT2D eigenvalue weighted by Gasteiger charge is 2.07. The van der Waals surface area contributed by atoms with Gasteiger partial charge >= 0.3 is 0 Å². The molecule has 1 nitrogen and oxygen atoms in total. The molecular weight excluding hydrogens is 275 g/mol. The Balaban J connectivity index is 1.77. The topological polar surface area (TPSA) is 9.23 Å². The predicted octanol–water partition coefficient (Wildman–Crippen LogP) is 5.38. The molecule has 3 rings (SSSR count). The molecule has 0 N–H and O–H groups in total. The zero-order valence-corrected chi connectivity index (χ0v) is 12.4. The molecule has 0 bridgehead atoms. The van der Waals surface area contributed by atoms with Crippen LogP contribution in [0.2, 0.25) is 0 Å². The molecule has 0 aromatic heterocycles. The number of benzene rings is 3. The maximum absolute atomic E-state index is 14.3. The van der Waals surface area contributed by atoms with Gasteiger partial charge in [0.1, 0.15) is 18.2 Å². The van der Waals surface area contributed by atoms with Crippen LogP contribution in [0.4, 0.5) is 4.39 Å². The van der Waals surface area contributed by atoms with Gasteiger partial charge in [-0.2, -0.15) is 0 Å². The second-order valence-electron chi connectivity index (χ2n) is 5.29. The van der Waals surface area contributed by atoms with Gasteiger partial charge in [-0.25, -0.2) is 4.39 Å². The summed E-state index contributed by atoms with van der Waals surface area (Å²) < 4.78 is 20.0. The lowest BCUT2D eigenvalue weighted by Crippen LogP contribution is -1.96. The molecule has 0 atom stereocenters. The van der Waals surface area contributed by atoms with Crippen LogP contribution in [-0.2, 0) is 6.61 Å². The molecule has 0 amide bonds. The summed E-state index contributed by atoms with van der Waals surface area (Å²) in [6.45, 7) is 2.43. The van der Waals surface area contributed by atoms with Crippen LogP contribution in [0.25, 0.3) is 11.1 Å². The van der Waals surface area contributed by atoms with Crippen molar-refractivity contribution in [1.82, 2.24) is 0 Å². The van der Waals surface area contributed by atoms with Crippen molar-refractivity contribution >= 4 is 0 Å². The molecule has 0 saturated carbocycles. The number of hydrogen-bond acceptors (Lipinski definition) is 1. The zero-order chi connectivity index (χ0) is 15.4. The highest BCUT2D eigenvalue weighted by molar-refractivity contribution is 5.65. The van der Waals surface area contributed by atoms with Gasteiger partial charge in [-0.3, -0.25) is 0 Å². The van der Waals surface area contributed by atoms with E-state index in [-0.39, 0.29) is 5.82 Å². The largest absolute Gasteiger partial charge is 0.489 e. The minimum atomic E-state index is -0.267. The highest BCUT2D eigenvalue weighted by atomic mass is 19.1. The Morgan fingerprint density at radius 3 is 2.41 bits per heavy atom. The molecule has 0 aliphatic carbocycles. The molecule has 2 heteroatoms. The lowest BCUT2D eigenvalue weighted by molar-refractivity contribution is 0.304. The fourth-order valence-electron chi connectivity index (χ4n) is 2.37. The Kier molecular flexibility index (Phi) is 4.19. The van der Waals surface area contributed by atoms with Gasteiger partial charge in [0.05, 0.1) is 0 Å². The third-order valence-corrected chi connectivity index (χ3v) is 3.52. The Morgan fingerprint density at radius 2 is 1.68 bits per heavy atom. The van der Waals surface area contributed by atoms with Gasteiger partial charge in [-0.15, -0.1) is 0 Å². The van der Waals surface area contributed by atoms with Gasteiger partial charge in [-0.05, 0) is 30.2 Å². The normalized spacial score (nSPS) is 10.5. The van der Waals surface area contributed by atoms with Crippen LogP contribution < -0.4 is 4.74 Å². The molecule has 0 fully saturated rings. The summed E-state index contributed by atoms with van der Waals surface area (Å²) in [5.74, 6) is 0.272. The Labute approximate surface area is 130 Å². The fraction of sp³-hybridized carbons (Fsp3) is 0.100. The maximum atomic E-state index is 14.3. The molecular formula is C20H17FO. The molecule has 0 radical (unpaired) electrons. The van der Waals surface area contributed by atoms with Crippen LogP contribution in [0.1, 0.15) is 11.1 Å². The third kappa shape index (κ3) is 3.34. The summed E-state index contributed by atoms with van der Waals surface area (Å²) in [4.78, 5) is 0. The van der Waals surface area contributed by atoms with E-state index < -0.39 is 0 Å². The van der Waals surface area contributed by atoms with Crippen molar-refractivity contribution in [3.8, 4) is 16.9 Å². The summed E-state index contributed by atoms with van der Waals surface area (Å²) in [7, 11) is 0. The summed E-state index contributed by atoms with van der Waals surface area (Å²) >= 11 is 0. The molecule has 110 valence electrons. The third-order valence-electron chi connectivity index (χ3n) is 3.52. The van der Waals surface area contributed by atoms with Crippen molar-refractivity contribution in [2.75, 3.05) is 0 Å². The van der Waals surface area contributed by atoms with Gasteiger partial charge in [0.25, 0.3) is 0 Å². The first kappa shape index (κ1) is 14.3. The second kappa shape index (κ2) is 6.44. The Morgan fingerprint density at radius 1 is 0.864 bits per heavy atom. The molecule has 0 unspecified atom stereocenters. The van der Waals surface area contributed by atoms with Gasteiger partial charge in [0.15, 0.2) is 0 Å². The van der Waals surface area contributed by atoms with Crippen LogP contribution >= 0.6 is 0 Å². The lowest BCUT2D eigenvalue weighted by atomic mass is 10.0. The van der Waals surface area contributed by atoms with Crippen molar-refractivity contribution in [2.45, 2.75) is 13.5 Å². The fourth-order valence-corrected chi connectivity index (χ4v) is 2.37. The highest BCUT2D eigenvalue weighted by Crippen LogP contribution is 2.27. The van der Waals surface area contributed by atoms with Crippen molar-refractivity contribution < 1.29 is 9.13 Å². The summed E-state index contributed by atoms with van der Waals surface area (Å²) in [6, 6.07) is 22.7. The van der Waals surface area contributed by atoms with Gasteiger partial charge < -0.3 is 4.74 Å². The van der Waals surface area contributed by atoms with E-state index in [4.69, 9.17) is 4.74 Å². The minimum Gasteiger partial charge on any atom is -0.489 e. The van der Waals surface area contributed by atoms with Crippen LogP contribution in [0.5, 0.6) is 5.75 Å². The Hall–Kier alpha value is -2.61. The maximum Gasteiger partial charge on any atom is 0.134 e. The van der Waals surface area contributed by atoms with Crippen LogP contribution in [0, 0.1) is 12.7 Å². The number of hydrogen-bond donors (Lipinski definition) is 0. The lowest BCUT2D eigenvalue weighted by Gasteiger charge is -2.09. The molecule has 0 aliphatic rings. The summed E-state index contributed by atoms with van der Waals surface area (Å²) in [5, 5.41) is 0. The first-order chi connectivity index (χ1) is 10.7. The number of ether oxygens (including phenoxy) is 1. The molecule has 3 aromatic rings. The van der Waals surface area contributed by atoms with Crippen LogP contribution in [-0.4, -0.2) is 0 Å². The second-order valence-corrected chi connectivity index (χ2v) is 5.29. The van der Waals surface area contributed by atoms with Crippen molar-refractivity contribution in [3.63, 3.8) is 0 Å². The molecule has 0 heterocycles. The molecule has 0 spiro atoms. The molecule has 0 saturated heterocycles. The van der Waals surface area contributed by atoms with E-state index in [2.05, 4.69) is 0 Å². The van der Waals surface area contributed by atoms with Crippen LogP contribution in [0.3, 0.4) is 0 Å². The van der Waals surface area contributed by atoms with E-state index >= 15 is 0 Å². The number of aryl methyl sites for hydroxylation is 1. The van der Waals surface area contributed by atoms with E-state index in [0.717, 1.165) is 16.7 Å². The first-order valence-electron chi connectivity index (χ1n) is 7.26.